The second kappa shape index (κ2) is 6.83. The van der Waals surface area contributed by atoms with Crippen LogP contribution in [0, 0.1) is 5.92 Å². The van der Waals surface area contributed by atoms with Gasteiger partial charge in [-0.15, -0.1) is 0 Å². The van der Waals surface area contributed by atoms with E-state index in [0.717, 1.165) is 5.56 Å². The molecule has 5 nitrogen and oxygen atoms in total. The van der Waals surface area contributed by atoms with Gasteiger partial charge < -0.3 is 14.9 Å². The molecule has 0 saturated carbocycles. The molecule has 0 spiro atoms. The molecule has 20 heavy (non-hydrogen) atoms. The summed E-state index contributed by atoms with van der Waals surface area (Å²) in [7, 11) is 0. The molecule has 1 aliphatic rings. The highest BCUT2D eigenvalue weighted by Crippen LogP contribution is 2.24. The van der Waals surface area contributed by atoms with E-state index in [1.807, 2.05) is 37.3 Å². The van der Waals surface area contributed by atoms with Crippen LogP contribution >= 0.6 is 0 Å². The summed E-state index contributed by atoms with van der Waals surface area (Å²) in [5, 5.41) is 21.4. The lowest BCUT2D eigenvalue weighted by molar-refractivity contribution is -0.144. The number of ether oxygens (including phenoxy) is 1. The lowest BCUT2D eigenvalue weighted by atomic mass is 9.86. The first-order valence-electron chi connectivity index (χ1n) is 6.87. The molecule has 1 aliphatic heterocycles. The molecule has 0 radical (unpaired) electrons. The molecule has 1 heterocycles. The minimum atomic E-state index is -0.899. The number of hydrogen-bond donors (Lipinski definition) is 3. The summed E-state index contributed by atoms with van der Waals surface area (Å²) in [5.74, 6) is -0.831. The fraction of sp³-hybridized carbons (Fsp3) is 0.533. The standard InChI is InChI=1S/C15H21NO4/c1-10-13(8-17)16-12(15(18)19)7-14(10)20-9-11-5-3-2-4-6-11/h2-6,10,12-14,16-17H,7-9H2,1H3,(H,18,19)/t10-,12+,13-,14+/m0/s1. The third-order valence-electron chi connectivity index (χ3n) is 3.91. The Hall–Kier alpha value is -1.43. The van der Waals surface area contributed by atoms with E-state index in [9.17, 15) is 9.90 Å². The maximum Gasteiger partial charge on any atom is 0.320 e. The van der Waals surface area contributed by atoms with Gasteiger partial charge >= 0.3 is 5.97 Å². The van der Waals surface area contributed by atoms with Crippen molar-refractivity contribution in [1.82, 2.24) is 5.32 Å². The minimum absolute atomic E-state index is 0.0688. The van der Waals surface area contributed by atoms with Crippen molar-refractivity contribution < 1.29 is 19.7 Å². The van der Waals surface area contributed by atoms with Gasteiger partial charge in [0.1, 0.15) is 6.04 Å². The zero-order valence-corrected chi connectivity index (χ0v) is 11.5. The summed E-state index contributed by atoms with van der Waals surface area (Å²) < 4.78 is 5.88. The van der Waals surface area contributed by atoms with Crippen LogP contribution in [0.25, 0.3) is 0 Å². The molecule has 1 aromatic rings. The van der Waals surface area contributed by atoms with E-state index in [1.54, 1.807) is 0 Å². The first-order valence-corrected chi connectivity index (χ1v) is 6.87. The summed E-state index contributed by atoms with van der Waals surface area (Å²) in [6, 6.07) is 8.88. The summed E-state index contributed by atoms with van der Waals surface area (Å²) in [6.07, 6.45) is 0.245. The Morgan fingerprint density at radius 1 is 1.40 bits per heavy atom. The van der Waals surface area contributed by atoms with E-state index in [0.29, 0.717) is 13.0 Å². The summed E-state index contributed by atoms with van der Waals surface area (Å²) >= 11 is 0. The molecule has 5 heteroatoms. The molecule has 110 valence electrons. The topological polar surface area (TPSA) is 78.8 Å². The lowest BCUT2D eigenvalue weighted by Gasteiger charge is -2.39. The van der Waals surface area contributed by atoms with Crippen molar-refractivity contribution in [3.63, 3.8) is 0 Å². The molecule has 0 unspecified atom stereocenters. The van der Waals surface area contributed by atoms with Crippen molar-refractivity contribution >= 4 is 5.97 Å². The number of carbonyl (C=O) groups is 1. The van der Waals surface area contributed by atoms with Crippen LogP contribution in [-0.4, -0.2) is 41.0 Å². The smallest absolute Gasteiger partial charge is 0.320 e. The highest BCUT2D eigenvalue weighted by atomic mass is 16.5. The Kier molecular flexibility index (Phi) is 5.11. The van der Waals surface area contributed by atoms with E-state index in [4.69, 9.17) is 9.84 Å². The molecule has 3 N–H and O–H groups in total. The van der Waals surface area contributed by atoms with Crippen molar-refractivity contribution in [1.29, 1.82) is 0 Å². The van der Waals surface area contributed by atoms with Gasteiger partial charge in [-0.3, -0.25) is 10.1 Å². The Labute approximate surface area is 118 Å². The number of carboxylic acid groups (broad SMARTS) is 1. The van der Waals surface area contributed by atoms with Crippen LogP contribution in [-0.2, 0) is 16.1 Å². The van der Waals surface area contributed by atoms with Crippen LogP contribution in [0.5, 0.6) is 0 Å². The Bertz CT molecular complexity index is 437. The number of aliphatic carboxylic acids is 1. The number of carboxylic acids is 1. The molecule has 4 atom stereocenters. The minimum Gasteiger partial charge on any atom is -0.480 e. The highest BCUT2D eigenvalue weighted by molar-refractivity contribution is 5.73. The molecular formula is C15H21NO4. The number of nitrogens with one attached hydrogen (secondary N) is 1. The molecule has 2 rings (SSSR count). The molecular weight excluding hydrogens is 258 g/mol. The summed E-state index contributed by atoms with van der Waals surface area (Å²) in [4.78, 5) is 11.1. The van der Waals surface area contributed by atoms with E-state index >= 15 is 0 Å². The van der Waals surface area contributed by atoms with Crippen LogP contribution in [0.2, 0.25) is 0 Å². The number of rotatable bonds is 5. The second-order valence-corrected chi connectivity index (χ2v) is 5.28. The third kappa shape index (κ3) is 3.56. The van der Waals surface area contributed by atoms with Crippen molar-refractivity contribution in [3.05, 3.63) is 35.9 Å². The summed E-state index contributed by atoms with van der Waals surface area (Å²) in [6.45, 7) is 2.35. The van der Waals surface area contributed by atoms with Crippen LogP contribution < -0.4 is 5.32 Å². The van der Waals surface area contributed by atoms with Crippen LogP contribution in [0.15, 0.2) is 30.3 Å². The van der Waals surface area contributed by atoms with E-state index in [-0.39, 0.29) is 24.7 Å². The van der Waals surface area contributed by atoms with Gasteiger partial charge in [0.05, 0.1) is 19.3 Å². The van der Waals surface area contributed by atoms with Gasteiger partial charge in [0.25, 0.3) is 0 Å². The van der Waals surface area contributed by atoms with E-state index in [1.165, 1.54) is 0 Å². The maximum atomic E-state index is 11.1. The highest BCUT2D eigenvalue weighted by Gasteiger charge is 2.37. The molecule has 1 aromatic carbocycles. The van der Waals surface area contributed by atoms with Gasteiger partial charge in [0, 0.05) is 6.04 Å². The largest absolute Gasteiger partial charge is 0.480 e. The molecule has 0 aliphatic carbocycles. The fourth-order valence-electron chi connectivity index (χ4n) is 2.57. The molecule has 1 fully saturated rings. The summed E-state index contributed by atoms with van der Waals surface area (Å²) in [5.41, 5.74) is 1.06. The molecule has 0 amide bonds. The van der Waals surface area contributed by atoms with Crippen molar-refractivity contribution in [2.24, 2.45) is 5.92 Å². The quantitative estimate of drug-likeness (QED) is 0.750. The molecule has 0 aromatic heterocycles. The number of hydrogen-bond acceptors (Lipinski definition) is 4. The van der Waals surface area contributed by atoms with Gasteiger partial charge in [-0.25, -0.2) is 0 Å². The monoisotopic (exact) mass is 279 g/mol. The SMILES string of the molecule is C[C@H]1[C@H](CO)N[C@@H](C(=O)O)C[C@H]1OCc1ccccc1. The van der Waals surface area contributed by atoms with Crippen molar-refractivity contribution in [2.75, 3.05) is 6.61 Å². The van der Waals surface area contributed by atoms with Gasteiger partial charge in [0.15, 0.2) is 0 Å². The average Bonchev–Trinajstić information content (AvgIpc) is 2.47. The predicted molar refractivity (Wildman–Crippen MR) is 74.2 cm³/mol. The zero-order valence-electron chi connectivity index (χ0n) is 11.5. The maximum absolute atomic E-state index is 11.1. The van der Waals surface area contributed by atoms with Crippen molar-refractivity contribution in [2.45, 2.75) is 38.1 Å². The second-order valence-electron chi connectivity index (χ2n) is 5.28. The van der Waals surface area contributed by atoms with Gasteiger partial charge in [-0.2, -0.15) is 0 Å². The number of piperidine rings is 1. The Morgan fingerprint density at radius 2 is 2.10 bits per heavy atom. The molecule has 1 saturated heterocycles. The van der Waals surface area contributed by atoms with E-state index < -0.39 is 12.0 Å². The Morgan fingerprint density at radius 3 is 2.70 bits per heavy atom. The number of benzene rings is 1. The van der Waals surface area contributed by atoms with Gasteiger partial charge in [-0.05, 0) is 17.9 Å². The van der Waals surface area contributed by atoms with Gasteiger partial charge in [-0.1, -0.05) is 37.3 Å². The predicted octanol–water partition coefficient (Wildman–Crippen LogP) is 1.02. The number of aliphatic hydroxyl groups is 1. The Balaban J connectivity index is 1.99. The van der Waals surface area contributed by atoms with E-state index in [2.05, 4.69) is 5.32 Å². The van der Waals surface area contributed by atoms with Crippen LogP contribution in [0.4, 0.5) is 0 Å². The lowest BCUT2D eigenvalue weighted by Crippen LogP contribution is -2.57. The van der Waals surface area contributed by atoms with Crippen LogP contribution in [0.3, 0.4) is 0 Å². The first-order chi connectivity index (χ1) is 9.61. The fourth-order valence-corrected chi connectivity index (χ4v) is 2.57. The third-order valence-corrected chi connectivity index (χ3v) is 3.91. The van der Waals surface area contributed by atoms with Crippen molar-refractivity contribution in [3.8, 4) is 0 Å². The first kappa shape index (κ1) is 15.0. The average molecular weight is 279 g/mol. The zero-order chi connectivity index (χ0) is 14.5. The normalized spacial score (nSPS) is 30.1. The van der Waals surface area contributed by atoms with Crippen LogP contribution in [0.1, 0.15) is 18.9 Å². The molecule has 0 bridgehead atoms. The number of aliphatic hydroxyl groups excluding tert-OH is 1. The van der Waals surface area contributed by atoms with Gasteiger partial charge in [0.2, 0.25) is 0 Å².